The Kier molecular flexibility index (Phi) is 4.57. The van der Waals surface area contributed by atoms with Crippen molar-refractivity contribution >= 4 is 21.7 Å². The van der Waals surface area contributed by atoms with Gasteiger partial charge in [0.2, 0.25) is 5.75 Å². The zero-order valence-corrected chi connectivity index (χ0v) is 12.3. The summed E-state index contributed by atoms with van der Waals surface area (Å²) >= 11 is 3.39. The monoisotopic (exact) mass is 323 g/mol. The van der Waals surface area contributed by atoms with Crippen molar-refractivity contribution in [1.29, 1.82) is 0 Å². The highest BCUT2D eigenvalue weighted by molar-refractivity contribution is 9.10. The first-order valence-electron chi connectivity index (χ1n) is 5.81. The summed E-state index contributed by atoms with van der Waals surface area (Å²) in [6.07, 6.45) is 1.44. The predicted octanol–water partition coefficient (Wildman–Crippen LogP) is 3.47. The van der Waals surface area contributed by atoms with Gasteiger partial charge in [-0.3, -0.25) is 0 Å². The van der Waals surface area contributed by atoms with Crippen LogP contribution in [0.1, 0.15) is 6.92 Å². The summed E-state index contributed by atoms with van der Waals surface area (Å²) in [6, 6.07) is 7.51. The van der Waals surface area contributed by atoms with E-state index in [1.54, 1.807) is 7.11 Å². The van der Waals surface area contributed by atoms with Gasteiger partial charge in [0.05, 0.1) is 7.11 Å². The van der Waals surface area contributed by atoms with Crippen molar-refractivity contribution < 1.29 is 9.47 Å². The minimum absolute atomic E-state index is 0.381. The Hall–Kier alpha value is -1.82. The van der Waals surface area contributed by atoms with Crippen molar-refractivity contribution in [2.45, 2.75) is 6.92 Å². The topological polar surface area (TPSA) is 56.3 Å². The molecule has 0 aliphatic rings. The molecule has 0 bridgehead atoms. The van der Waals surface area contributed by atoms with E-state index in [1.165, 1.54) is 6.33 Å². The van der Waals surface area contributed by atoms with Gasteiger partial charge in [0.25, 0.3) is 5.88 Å². The molecule has 19 heavy (non-hydrogen) atoms. The van der Waals surface area contributed by atoms with E-state index in [1.807, 2.05) is 31.2 Å². The van der Waals surface area contributed by atoms with Crippen molar-refractivity contribution in [3.63, 3.8) is 0 Å². The summed E-state index contributed by atoms with van der Waals surface area (Å²) in [5.41, 5.74) is 0. The Bertz CT molecular complexity index is 563. The number of halogens is 1. The molecule has 0 aliphatic carbocycles. The number of nitrogens with zero attached hydrogens (tertiary/aromatic N) is 2. The first-order chi connectivity index (χ1) is 9.24. The minimum atomic E-state index is 0.381. The number of aromatic nitrogens is 2. The van der Waals surface area contributed by atoms with Gasteiger partial charge in [0.1, 0.15) is 12.1 Å². The minimum Gasteiger partial charge on any atom is -0.489 e. The van der Waals surface area contributed by atoms with Crippen LogP contribution in [0.5, 0.6) is 17.4 Å². The third kappa shape index (κ3) is 3.35. The van der Waals surface area contributed by atoms with Crippen LogP contribution in [0.15, 0.2) is 35.1 Å². The van der Waals surface area contributed by atoms with Crippen LogP contribution < -0.4 is 14.8 Å². The van der Waals surface area contributed by atoms with Crippen LogP contribution in [0.2, 0.25) is 0 Å². The molecule has 6 heteroatoms. The lowest BCUT2D eigenvalue weighted by atomic mass is 10.3. The van der Waals surface area contributed by atoms with E-state index >= 15 is 0 Å². The second-order valence-electron chi connectivity index (χ2n) is 3.65. The number of rotatable bonds is 5. The molecule has 0 saturated carbocycles. The fourth-order valence-electron chi connectivity index (χ4n) is 1.55. The zero-order chi connectivity index (χ0) is 13.7. The fraction of sp³-hybridized carbons (Fsp3) is 0.231. The van der Waals surface area contributed by atoms with E-state index in [-0.39, 0.29) is 0 Å². The second-order valence-corrected chi connectivity index (χ2v) is 4.57. The van der Waals surface area contributed by atoms with Gasteiger partial charge < -0.3 is 14.8 Å². The van der Waals surface area contributed by atoms with Crippen LogP contribution in [-0.2, 0) is 0 Å². The maximum absolute atomic E-state index is 5.72. The van der Waals surface area contributed by atoms with Crippen molar-refractivity contribution in [3.8, 4) is 17.4 Å². The van der Waals surface area contributed by atoms with Crippen LogP contribution >= 0.6 is 15.9 Å². The Morgan fingerprint density at radius 2 is 2.16 bits per heavy atom. The molecule has 1 heterocycles. The van der Waals surface area contributed by atoms with Gasteiger partial charge in [-0.1, -0.05) is 22.0 Å². The molecule has 1 aromatic heterocycles. The largest absolute Gasteiger partial charge is 0.489 e. The van der Waals surface area contributed by atoms with Crippen molar-refractivity contribution in [1.82, 2.24) is 9.97 Å². The predicted molar refractivity (Wildman–Crippen MR) is 77.0 cm³/mol. The Morgan fingerprint density at radius 1 is 1.32 bits per heavy atom. The molecule has 0 radical (unpaired) electrons. The third-order valence-corrected chi connectivity index (χ3v) is 2.82. The lowest BCUT2D eigenvalue weighted by Gasteiger charge is -2.12. The third-order valence-electron chi connectivity index (χ3n) is 2.33. The Balaban J connectivity index is 2.31. The van der Waals surface area contributed by atoms with Gasteiger partial charge >= 0.3 is 0 Å². The van der Waals surface area contributed by atoms with E-state index in [4.69, 9.17) is 9.47 Å². The molecule has 5 nitrogen and oxygen atoms in total. The fourth-order valence-corrected chi connectivity index (χ4v) is 1.93. The molecule has 1 aromatic carbocycles. The van der Waals surface area contributed by atoms with Crippen LogP contribution in [-0.4, -0.2) is 23.6 Å². The summed E-state index contributed by atoms with van der Waals surface area (Å²) < 4.78 is 12.0. The van der Waals surface area contributed by atoms with Crippen LogP contribution in [0.25, 0.3) is 0 Å². The molecular formula is C13H14BrN3O2. The van der Waals surface area contributed by atoms with Crippen LogP contribution in [0.4, 0.5) is 5.82 Å². The number of anilines is 1. The van der Waals surface area contributed by atoms with Gasteiger partial charge in [-0.05, 0) is 25.1 Å². The van der Waals surface area contributed by atoms with Crippen LogP contribution in [0, 0.1) is 0 Å². The number of benzene rings is 1. The van der Waals surface area contributed by atoms with E-state index in [0.29, 0.717) is 23.2 Å². The molecule has 2 aromatic rings. The number of nitrogens with one attached hydrogen (secondary N) is 1. The molecular weight excluding hydrogens is 310 g/mol. The summed E-state index contributed by atoms with van der Waals surface area (Å²) in [4.78, 5) is 8.23. The van der Waals surface area contributed by atoms with Crippen molar-refractivity contribution in [2.24, 2.45) is 0 Å². The number of hydrogen-bond donors (Lipinski definition) is 1. The molecule has 1 N–H and O–H groups in total. The van der Waals surface area contributed by atoms with Crippen molar-refractivity contribution in [3.05, 3.63) is 35.1 Å². The number of hydrogen-bond acceptors (Lipinski definition) is 5. The summed E-state index contributed by atoms with van der Waals surface area (Å²) in [5.74, 6) is 2.16. The highest BCUT2D eigenvalue weighted by Crippen LogP contribution is 2.34. The first-order valence-corrected chi connectivity index (χ1v) is 6.60. The van der Waals surface area contributed by atoms with Crippen molar-refractivity contribution in [2.75, 3.05) is 19.0 Å². The Labute approximate surface area is 120 Å². The van der Waals surface area contributed by atoms with Gasteiger partial charge in [-0.2, -0.15) is 4.98 Å². The lowest BCUT2D eigenvalue weighted by molar-refractivity contribution is 0.369. The average molecular weight is 324 g/mol. The van der Waals surface area contributed by atoms with E-state index in [0.717, 1.165) is 11.0 Å². The maximum Gasteiger partial charge on any atom is 0.268 e. The molecule has 0 aliphatic heterocycles. The van der Waals surface area contributed by atoms with E-state index < -0.39 is 0 Å². The maximum atomic E-state index is 5.72. The summed E-state index contributed by atoms with van der Waals surface area (Å²) in [7, 11) is 1.56. The highest BCUT2D eigenvalue weighted by Gasteiger charge is 2.13. The molecule has 2 rings (SSSR count). The normalized spacial score (nSPS) is 10.1. The quantitative estimate of drug-likeness (QED) is 0.913. The van der Waals surface area contributed by atoms with E-state index in [2.05, 4.69) is 31.2 Å². The molecule has 0 amide bonds. The molecule has 0 unspecified atom stereocenters. The lowest BCUT2D eigenvalue weighted by Crippen LogP contribution is -2.04. The van der Waals surface area contributed by atoms with Gasteiger partial charge in [0.15, 0.2) is 5.82 Å². The summed E-state index contributed by atoms with van der Waals surface area (Å²) in [6.45, 7) is 2.72. The Morgan fingerprint density at radius 3 is 2.84 bits per heavy atom. The second kappa shape index (κ2) is 6.38. The number of methoxy groups -OCH3 is 1. The molecule has 100 valence electrons. The standard InChI is InChI=1S/C13H14BrN3O2/c1-3-15-12-11(18-2)13(17-8-16-12)19-10-6-4-5-9(14)7-10/h4-8H,3H2,1-2H3,(H,15,16,17). The van der Waals surface area contributed by atoms with Gasteiger partial charge in [0, 0.05) is 11.0 Å². The van der Waals surface area contributed by atoms with E-state index in [9.17, 15) is 0 Å². The molecule has 0 atom stereocenters. The van der Waals surface area contributed by atoms with Gasteiger partial charge in [-0.25, -0.2) is 4.98 Å². The molecule has 0 fully saturated rings. The smallest absolute Gasteiger partial charge is 0.268 e. The number of ether oxygens (including phenoxy) is 2. The SMILES string of the molecule is CCNc1ncnc(Oc2cccc(Br)c2)c1OC. The summed E-state index contributed by atoms with van der Waals surface area (Å²) in [5, 5.41) is 3.10. The zero-order valence-electron chi connectivity index (χ0n) is 10.7. The molecule has 0 saturated heterocycles. The molecule has 0 spiro atoms. The van der Waals surface area contributed by atoms with Crippen LogP contribution in [0.3, 0.4) is 0 Å². The van der Waals surface area contributed by atoms with Gasteiger partial charge in [-0.15, -0.1) is 0 Å². The average Bonchev–Trinajstić information content (AvgIpc) is 2.39. The first kappa shape index (κ1) is 13.6. The highest BCUT2D eigenvalue weighted by atomic mass is 79.9.